The number of esters is 1. The van der Waals surface area contributed by atoms with Crippen molar-refractivity contribution in [1.82, 2.24) is 4.72 Å². The van der Waals surface area contributed by atoms with Crippen molar-refractivity contribution in [1.29, 1.82) is 0 Å². The molecule has 1 heterocycles. The smallest absolute Gasteiger partial charge is 0.339 e. The van der Waals surface area contributed by atoms with Crippen LogP contribution in [0.2, 0.25) is 0 Å². The van der Waals surface area contributed by atoms with Crippen LogP contribution in [-0.4, -0.2) is 20.4 Å². The Labute approximate surface area is 192 Å². The summed E-state index contributed by atoms with van der Waals surface area (Å²) in [5.74, 6) is -0.486. The van der Waals surface area contributed by atoms with Gasteiger partial charge in [0.1, 0.15) is 17.4 Å². The molecule has 1 N–H and O–H groups in total. The molecule has 0 saturated carbocycles. The number of rotatable bonds is 7. The van der Waals surface area contributed by atoms with Crippen LogP contribution in [0.25, 0.3) is 11.0 Å². The second-order valence-electron chi connectivity index (χ2n) is 8.90. The number of sulfonamides is 1. The predicted molar refractivity (Wildman–Crippen MR) is 125 cm³/mol. The highest BCUT2D eigenvalue weighted by atomic mass is 32.2. The van der Waals surface area contributed by atoms with Gasteiger partial charge in [-0.05, 0) is 68.4 Å². The van der Waals surface area contributed by atoms with Gasteiger partial charge in [-0.3, -0.25) is 0 Å². The number of benzene rings is 2. The molecular weight excluding hydrogens is 442 g/mol. The Bertz CT molecular complexity index is 1360. The van der Waals surface area contributed by atoms with Crippen molar-refractivity contribution in [3.05, 3.63) is 69.6 Å². The summed E-state index contributed by atoms with van der Waals surface area (Å²) >= 11 is 0. The Morgan fingerprint density at radius 2 is 1.79 bits per heavy atom. The number of nitrogens with one attached hydrogen (secondary N) is 1. The van der Waals surface area contributed by atoms with E-state index in [0.29, 0.717) is 12.0 Å². The lowest BCUT2D eigenvalue weighted by Crippen LogP contribution is -2.43. The molecular formula is C25H27NO6S. The van der Waals surface area contributed by atoms with E-state index in [1.807, 2.05) is 20.8 Å². The van der Waals surface area contributed by atoms with E-state index < -0.39 is 22.0 Å². The van der Waals surface area contributed by atoms with Crippen molar-refractivity contribution in [3.8, 4) is 5.75 Å². The molecule has 4 rings (SSSR count). The van der Waals surface area contributed by atoms with Gasteiger partial charge in [0.2, 0.25) is 10.0 Å². The Morgan fingerprint density at radius 1 is 1.09 bits per heavy atom. The maximum atomic E-state index is 13.0. The standard InChI is InChI=1S/C25H27NO6S/c1-15(2)13-22(26-33(29,30)18-10-7-16(3)8-11-18)25(28)31-17-9-12-20-19-5-4-6-21(19)24(27)32-23(20)14-17/h7-12,14-15,22,26H,4-6,13H2,1-3H3/t22-/m1/s1. The molecule has 1 atom stereocenters. The van der Waals surface area contributed by atoms with Crippen LogP contribution in [0.15, 0.2) is 56.6 Å². The van der Waals surface area contributed by atoms with Crippen molar-refractivity contribution >= 4 is 27.0 Å². The number of hydrogen-bond acceptors (Lipinski definition) is 6. The summed E-state index contributed by atoms with van der Waals surface area (Å²) in [5, 5.41) is 0.834. The topological polar surface area (TPSA) is 103 Å². The molecule has 3 aromatic rings. The third-order valence-corrected chi connectivity index (χ3v) is 7.27. The molecule has 1 aromatic heterocycles. The van der Waals surface area contributed by atoms with Crippen LogP contribution in [0.5, 0.6) is 5.75 Å². The molecule has 0 spiro atoms. The SMILES string of the molecule is Cc1ccc(S(=O)(=O)N[C@H](CC(C)C)C(=O)Oc2ccc3c4c(c(=O)oc3c2)CCC4)cc1. The van der Waals surface area contributed by atoms with Crippen molar-refractivity contribution in [2.24, 2.45) is 5.92 Å². The van der Waals surface area contributed by atoms with Gasteiger partial charge in [0.15, 0.2) is 0 Å². The molecule has 0 radical (unpaired) electrons. The van der Waals surface area contributed by atoms with Crippen LogP contribution < -0.4 is 15.1 Å². The maximum absolute atomic E-state index is 13.0. The van der Waals surface area contributed by atoms with Crippen molar-refractivity contribution in [2.45, 2.75) is 57.4 Å². The normalized spacial score (nSPS) is 14.4. The van der Waals surface area contributed by atoms with Crippen molar-refractivity contribution in [2.75, 3.05) is 0 Å². The summed E-state index contributed by atoms with van der Waals surface area (Å²) in [4.78, 5) is 25.3. The van der Waals surface area contributed by atoms with Gasteiger partial charge in [-0.1, -0.05) is 31.5 Å². The van der Waals surface area contributed by atoms with Crippen molar-refractivity contribution in [3.63, 3.8) is 0 Å². The first-order valence-corrected chi connectivity index (χ1v) is 12.5. The van der Waals surface area contributed by atoms with E-state index in [9.17, 15) is 18.0 Å². The summed E-state index contributed by atoms with van der Waals surface area (Å²) in [5.41, 5.74) is 2.63. The minimum absolute atomic E-state index is 0.0421. The Morgan fingerprint density at radius 3 is 2.48 bits per heavy atom. The zero-order valence-corrected chi connectivity index (χ0v) is 19.7. The van der Waals surface area contributed by atoms with Crippen LogP contribution in [0.1, 0.15) is 43.4 Å². The summed E-state index contributed by atoms with van der Waals surface area (Å²) in [6.45, 7) is 5.65. The lowest BCUT2D eigenvalue weighted by atomic mass is 10.0. The zero-order chi connectivity index (χ0) is 23.8. The lowest BCUT2D eigenvalue weighted by molar-refractivity contribution is -0.136. The number of carbonyl (C=O) groups excluding carboxylic acids is 1. The van der Waals surface area contributed by atoms with E-state index in [-0.39, 0.29) is 28.6 Å². The van der Waals surface area contributed by atoms with Gasteiger partial charge in [0.25, 0.3) is 0 Å². The first-order valence-electron chi connectivity index (χ1n) is 11.0. The number of aryl methyl sites for hydroxylation is 2. The predicted octanol–water partition coefficient (Wildman–Crippen LogP) is 3.89. The molecule has 0 unspecified atom stereocenters. The van der Waals surface area contributed by atoms with Crippen LogP contribution in [0, 0.1) is 12.8 Å². The molecule has 0 fully saturated rings. The van der Waals surface area contributed by atoms with E-state index in [1.54, 1.807) is 24.3 Å². The largest absolute Gasteiger partial charge is 0.425 e. The Kier molecular flexibility index (Phi) is 6.41. The van der Waals surface area contributed by atoms with Gasteiger partial charge < -0.3 is 9.15 Å². The minimum Gasteiger partial charge on any atom is -0.425 e. The fourth-order valence-corrected chi connectivity index (χ4v) is 5.35. The molecule has 1 aliphatic rings. The third-order valence-electron chi connectivity index (χ3n) is 5.78. The molecule has 8 heteroatoms. The molecule has 0 saturated heterocycles. The lowest BCUT2D eigenvalue weighted by Gasteiger charge is -2.19. The van der Waals surface area contributed by atoms with E-state index in [0.717, 1.165) is 34.9 Å². The van der Waals surface area contributed by atoms with Gasteiger partial charge in [0.05, 0.1) is 4.90 Å². The van der Waals surface area contributed by atoms with E-state index >= 15 is 0 Å². The minimum atomic E-state index is -3.92. The fraction of sp³-hybridized carbons (Fsp3) is 0.360. The molecule has 2 aromatic carbocycles. The monoisotopic (exact) mass is 469 g/mol. The van der Waals surface area contributed by atoms with E-state index in [4.69, 9.17) is 9.15 Å². The molecule has 33 heavy (non-hydrogen) atoms. The molecule has 7 nitrogen and oxygen atoms in total. The van der Waals surface area contributed by atoms with Gasteiger partial charge in [-0.25, -0.2) is 18.0 Å². The average Bonchev–Trinajstić information content (AvgIpc) is 3.24. The van der Waals surface area contributed by atoms with Gasteiger partial charge in [0, 0.05) is 17.0 Å². The van der Waals surface area contributed by atoms with Crippen LogP contribution >= 0.6 is 0 Å². The number of ether oxygens (including phenoxy) is 1. The fourth-order valence-electron chi connectivity index (χ4n) is 4.15. The van der Waals surface area contributed by atoms with Gasteiger partial charge in [-0.15, -0.1) is 0 Å². The first kappa shape index (κ1) is 23.2. The maximum Gasteiger partial charge on any atom is 0.339 e. The zero-order valence-electron chi connectivity index (χ0n) is 18.9. The summed E-state index contributed by atoms with van der Waals surface area (Å²) in [6, 6.07) is 10.2. The van der Waals surface area contributed by atoms with E-state index in [2.05, 4.69) is 4.72 Å². The molecule has 174 valence electrons. The van der Waals surface area contributed by atoms with E-state index in [1.165, 1.54) is 18.2 Å². The van der Waals surface area contributed by atoms with Crippen molar-refractivity contribution < 1.29 is 22.4 Å². The highest BCUT2D eigenvalue weighted by molar-refractivity contribution is 7.89. The van der Waals surface area contributed by atoms with Crippen LogP contribution in [0.3, 0.4) is 0 Å². The Hall–Kier alpha value is -2.97. The average molecular weight is 470 g/mol. The number of carbonyl (C=O) groups is 1. The van der Waals surface area contributed by atoms with Crippen LogP contribution in [0.4, 0.5) is 0 Å². The second kappa shape index (κ2) is 9.11. The number of hydrogen-bond donors (Lipinski definition) is 1. The van der Waals surface area contributed by atoms with Gasteiger partial charge >= 0.3 is 11.6 Å². The summed E-state index contributed by atoms with van der Waals surface area (Å²) < 4.78 is 39.1. The third kappa shape index (κ3) is 5.02. The quantitative estimate of drug-likeness (QED) is 0.320. The van der Waals surface area contributed by atoms with Gasteiger partial charge in [-0.2, -0.15) is 4.72 Å². The summed E-state index contributed by atoms with van der Waals surface area (Å²) in [6.07, 6.45) is 2.70. The molecule has 0 amide bonds. The second-order valence-corrected chi connectivity index (χ2v) is 10.6. The van der Waals surface area contributed by atoms with Crippen LogP contribution in [-0.2, 0) is 27.7 Å². The highest BCUT2D eigenvalue weighted by Crippen LogP contribution is 2.30. The molecule has 1 aliphatic carbocycles. The molecule has 0 bridgehead atoms. The highest BCUT2D eigenvalue weighted by Gasteiger charge is 2.28. The summed E-state index contributed by atoms with van der Waals surface area (Å²) in [7, 11) is -3.92. The molecule has 0 aliphatic heterocycles. The first-order chi connectivity index (χ1) is 15.6. The number of fused-ring (bicyclic) bond motifs is 3. The Balaban J connectivity index is 1.58.